The van der Waals surface area contributed by atoms with Crippen LogP contribution in [0.15, 0.2) is 40.3 Å². The van der Waals surface area contributed by atoms with Gasteiger partial charge in [-0.1, -0.05) is 18.2 Å². The molecular formula is C16H19N3O7S. The number of hydrogen-bond acceptors (Lipinski definition) is 8. The Morgan fingerprint density at radius 1 is 1.26 bits per heavy atom. The molecule has 2 amide bonds. The Balaban J connectivity index is 2.34. The lowest BCUT2D eigenvalue weighted by molar-refractivity contribution is -0.151. The molecule has 11 heteroatoms. The van der Waals surface area contributed by atoms with Crippen LogP contribution in [0, 0.1) is 0 Å². The molecule has 1 aliphatic rings. The van der Waals surface area contributed by atoms with Crippen LogP contribution >= 0.6 is 0 Å². The highest BCUT2D eigenvalue weighted by molar-refractivity contribution is 7.90. The first-order valence-electron chi connectivity index (χ1n) is 7.90. The molecule has 1 unspecified atom stereocenters. The van der Waals surface area contributed by atoms with Gasteiger partial charge in [0.25, 0.3) is 10.0 Å². The van der Waals surface area contributed by atoms with Crippen LogP contribution < -0.4 is 4.72 Å². The van der Waals surface area contributed by atoms with Gasteiger partial charge >= 0.3 is 18.0 Å². The Morgan fingerprint density at radius 2 is 1.89 bits per heavy atom. The van der Waals surface area contributed by atoms with Gasteiger partial charge in [-0.05, 0) is 26.0 Å². The smallest absolute Gasteiger partial charge is 0.354 e. The highest BCUT2D eigenvalue weighted by atomic mass is 32.2. The summed E-state index contributed by atoms with van der Waals surface area (Å²) in [6.07, 6.45) is -0.280. The number of carbonyl (C=O) groups is 3. The number of sulfonamides is 1. The van der Waals surface area contributed by atoms with E-state index in [0.717, 1.165) is 7.11 Å². The largest absolute Gasteiger partial charge is 0.467 e. The van der Waals surface area contributed by atoms with Crippen molar-refractivity contribution in [1.82, 2.24) is 9.73 Å². The maximum atomic E-state index is 12.6. The molecule has 0 radical (unpaired) electrons. The summed E-state index contributed by atoms with van der Waals surface area (Å²) < 4.78 is 36.1. The molecule has 0 bridgehead atoms. The Hall–Kier alpha value is -2.95. The summed E-state index contributed by atoms with van der Waals surface area (Å²) >= 11 is 0. The normalized spacial score (nSPS) is 19.2. The van der Waals surface area contributed by atoms with Crippen LogP contribution in [0.2, 0.25) is 0 Å². The molecule has 1 atom stereocenters. The predicted molar refractivity (Wildman–Crippen MR) is 93.1 cm³/mol. The molecule has 1 aromatic carbocycles. The molecule has 1 aliphatic heterocycles. The predicted octanol–water partition coefficient (Wildman–Crippen LogP) is 0.641. The monoisotopic (exact) mass is 397 g/mol. The number of ether oxygens (including phenoxy) is 2. The van der Waals surface area contributed by atoms with Crippen LogP contribution in [0.1, 0.15) is 20.3 Å². The van der Waals surface area contributed by atoms with E-state index >= 15 is 0 Å². The topological polar surface area (TPSA) is 131 Å². The van der Waals surface area contributed by atoms with E-state index in [2.05, 4.69) is 9.84 Å². The number of nitrogens with zero attached hydrogens (tertiary/aromatic N) is 2. The minimum absolute atomic E-state index is 0.0708. The van der Waals surface area contributed by atoms with Crippen molar-refractivity contribution in [2.24, 2.45) is 5.10 Å². The average Bonchev–Trinajstić information content (AvgIpc) is 3.01. The lowest BCUT2D eigenvalue weighted by Crippen LogP contribution is -2.54. The summed E-state index contributed by atoms with van der Waals surface area (Å²) in [6, 6.07) is 5.99. The van der Waals surface area contributed by atoms with E-state index in [4.69, 9.17) is 4.74 Å². The molecule has 1 N–H and O–H groups in total. The third-order valence-corrected chi connectivity index (χ3v) is 5.14. The van der Waals surface area contributed by atoms with Crippen molar-refractivity contribution in [1.29, 1.82) is 0 Å². The number of methoxy groups -OCH3 is 1. The fourth-order valence-electron chi connectivity index (χ4n) is 2.46. The fraction of sp³-hybridized carbons (Fsp3) is 0.375. The summed E-state index contributed by atoms with van der Waals surface area (Å²) in [6.45, 7) is 2.97. The molecular weight excluding hydrogens is 378 g/mol. The zero-order valence-corrected chi connectivity index (χ0v) is 15.8. The second-order valence-corrected chi connectivity index (χ2v) is 7.43. The minimum atomic E-state index is -4.21. The molecule has 146 valence electrons. The van der Waals surface area contributed by atoms with Gasteiger partial charge in [-0.3, -0.25) is 0 Å². The number of urea groups is 1. The van der Waals surface area contributed by atoms with E-state index < -0.39 is 33.5 Å². The van der Waals surface area contributed by atoms with Crippen LogP contribution in [0.5, 0.6) is 0 Å². The highest BCUT2D eigenvalue weighted by Crippen LogP contribution is 2.29. The summed E-state index contributed by atoms with van der Waals surface area (Å²) in [7, 11) is -3.10. The van der Waals surface area contributed by atoms with Gasteiger partial charge in [0, 0.05) is 6.42 Å². The third-order valence-electron chi connectivity index (χ3n) is 3.80. The van der Waals surface area contributed by atoms with E-state index in [0.29, 0.717) is 5.01 Å². The van der Waals surface area contributed by atoms with Crippen molar-refractivity contribution in [3.8, 4) is 0 Å². The van der Waals surface area contributed by atoms with Gasteiger partial charge in [-0.25, -0.2) is 27.5 Å². The van der Waals surface area contributed by atoms with Gasteiger partial charge in [0.1, 0.15) is 5.71 Å². The second-order valence-electron chi connectivity index (χ2n) is 5.74. The molecule has 0 fully saturated rings. The number of benzene rings is 1. The maximum Gasteiger partial charge on any atom is 0.354 e. The van der Waals surface area contributed by atoms with Crippen molar-refractivity contribution in [3.63, 3.8) is 0 Å². The van der Waals surface area contributed by atoms with Gasteiger partial charge in [0.2, 0.25) is 0 Å². The van der Waals surface area contributed by atoms with Gasteiger partial charge in [-0.15, -0.1) is 0 Å². The van der Waals surface area contributed by atoms with Gasteiger partial charge in [-0.2, -0.15) is 10.1 Å². The lowest BCUT2D eigenvalue weighted by Gasteiger charge is -2.29. The van der Waals surface area contributed by atoms with Crippen molar-refractivity contribution in [3.05, 3.63) is 30.3 Å². The number of nitrogens with one attached hydrogen (secondary N) is 1. The molecule has 0 aliphatic carbocycles. The number of amides is 2. The lowest BCUT2D eigenvalue weighted by atomic mass is 9.96. The Bertz CT molecular complexity index is 883. The molecule has 0 spiro atoms. The summed E-state index contributed by atoms with van der Waals surface area (Å²) in [5.74, 6) is -1.67. The maximum absolute atomic E-state index is 12.6. The molecule has 2 rings (SSSR count). The number of esters is 2. The van der Waals surface area contributed by atoms with Crippen LogP contribution in [0.4, 0.5) is 4.79 Å². The van der Waals surface area contributed by atoms with Crippen LogP contribution in [0.3, 0.4) is 0 Å². The van der Waals surface area contributed by atoms with Crippen molar-refractivity contribution in [2.45, 2.75) is 30.7 Å². The molecule has 1 aromatic rings. The van der Waals surface area contributed by atoms with Gasteiger partial charge in [0.15, 0.2) is 5.54 Å². The number of hydrogen-bond donors (Lipinski definition) is 1. The number of hydrazone groups is 1. The number of rotatable bonds is 5. The average molecular weight is 397 g/mol. The van der Waals surface area contributed by atoms with E-state index in [1.165, 1.54) is 31.2 Å². The van der Waals surface area contributed by atoms with Gasteiger partial charge < -0.3 is 9.47 Å². The Labute approximate surface area is 156 Å². The number of carbonyl (C=O) groups excluding carboxylic acids is 3. The van der Waals surface area contributed by atoms with Crippen molar-refractivity contribution < 1.29 is 32.3 Å². The quantitative estimate of drug-likeness (QED) is 0.721. The van der Waals surface area contributed by atoms with E-state index in [1.807, 2.05) is 4.72 Å². The molecule has 0 saturated heterocycles. The molecule has 1 heterocycles. The molecule has 10 nitrogen and oxygen atoms in total. The first-order valence-corrected chi connectivity index (χ1v) is 9.39. The van der Waals surface area contributed by atoms with Crippen molar-refractivity contribution in [2.75, 3.05) is 13.7 Å². The van der Waals surface area contributed by atoms with E-state index in [1.54, 1.807) is 13.0 Å². The van der Waals surface area contributed by atoms with E-state index in [9.17, 15) is 22.8 Å². The summed E-state index contributed by atoms with van der Waals surface area (Å²) in [4.78, 5) is 36.5. The zero-order valence-electron chi connectivity index (χ0n) is 15.0. The van der Waals surface area contributed by atoms with Crippen LogP contribution in [0.25, 0.3) is 0 Å². The van der Waals surface area contributed by atoms with Crippen LogP contribution in [-0.2, 0) is 29.1 Å². The Kier molecular flexibility index (Phi) is 5.84. The highest BCUT2D eigenvalue weighted by Gasteiger charge is 2.51. The fourth-order valence-corrected chi connectivity index (χ4v) is 3.41. The first kappa shape index (κ1) is 20.4. The molecule has 27 heavy (non-hydrogen) atoms. The zero-order chi connectivity index (χ0) is 20.2. The second kappa shape index (κ2) is 7.74. The molecule has 0 saturated carbocycles. The van der Waals surface area contributed by atoms with Crippen LogP contribution in [-0.4, -0.2) is 56.4 Å². The third kappa shape index (κ3) is 4.08. The first-order chi connectivity index (χ1) is 12.7. The van der Waals surface area contributed by atoms with Crippen molar-refractivity contribution >= 4 is 33.7 Å². The standard InChI is InChI=1S/C16H19N3O7S/c1-4-26-13(20)12-10-16(2,14(21)25-3)19(17-12)15(22)18-27(23,24)11-8-6-5-7-9-11/h5-9H,4,10H2,1-3H3,(H,18,22). The summed E-state index contributed by atoms with van der Waals surface area (Å²) in [5, 5.41) is 4.39. The van der Waals surface area contributed by atoms with Gasteiger partial charge in [0.05, 0.1) is 18.6 Å². The Morgan fingerprint density at radius 3 is 2.44 bits per heavy atom. The minimum Gasteiger partial charge on any atom is -0.467 e. The summed E-state index contributed by atoms with van der Waals surface area (Å²) in [5.41, 5.74) is -1.90. The SMILES string of the molecule is CCOC(=O)C1=NN(C(=O)NS(=O)(=O)c2ccccc2)C(C)(C(=O)OC)C1. The van der Waals surface area contributed by atoms with E-state index in [-0.39, 0.29) is 23.6 Å². The molecule has 0 aromatic heterocycles.